The number of rotatable bonds is 2. The summed E-state index contributed by atoms with van der Waals surface area (Å²) < 4.78 is 0. The molecule has 2 rings (SSSR count). The smallest absolute Gasteiger partial charge is 0.193 e. The van der Waals surface area contributed by atoms with Crippen LogP contribution in [-0.4, -0.2) is 5.78 Å². The van der Waals surface area contributed by atoms with Gasteiger partial charge in [0.1, 0.15) is 0 Å². The summed E-state index contributed by atoms with van der Waals surface area (Å²) in [6.45, 7) is 1.87. The highest BCUT2D eigenvalue weighted by molar-refractivity contribution is 6.31. The maximum atomic E-state index is 12.2. The molecule has 0 aliphatic carbocycles. The molecule has 0 aliphatic rings. The Labute approximate surface area is 105 Å². The average Bonchev–Trinajstić information content (AvgIpc) is 2.28. The number of benzene rings is 2. The second-order valence-corrected chi connectivity index (χ2v) is 4.35. The molecule has 0 unspecified atom stereocenters. The molecule has 0 amide bonds. The fraction of sp³-hybridized carbons (Fsp3) is 0.0714. The number of aryl methyl sites for hydroxylation is 1. The minimum absolute atomic E-state index is 0.0370. The van der Waals surface area contributed by atoms with Crippen LogP contribution < -0.4 is 5.73 Å². The van der Waals surface area contributed by atoms with E-state index in [0.717, 1.165) is 5.56 Å². The van der Waals surface area contributed by atoms with Gasteiger partial charge in [0.25, 0.3) is 0 Å². The number of carbonyl (C=O) groups excluding carboxylic acids is 1. The summed E-state index contributed by atoms with van der Waals surface area (Å²) in [4.78, 5) is 12.2. The summed E-state index contributed by atoms with van der Waals surface area (Å²) in [6.07, 6.45) is 0. The summed E-state index contributed by atoms with van der Waals surface area (Å²) in [6, 6.07) is 12.2. The van der Waals surface area contributed by atoms with Crippen molar-refractivity contribution >= 4 is 23.1 Å². The summed E-state index contributed by atoms with van der Waals surface area (Å²) in [7, 11) is 0. The van der Waals surface area contributed by atoms with Crippen LogP contribution in [0.15, 0.2) is 42.5 Å². The van der Waals surface area contributed by atoms with Crippen LogP contribution in [0.4, 0.5) is 5.69 Å². The van der Waals surface area contributed by atoms with Crippen molar-refractivity contribution in [1.29, 1.82) is 0 Å². The van der Waals surface area contributed by atoms with Gasteiger partial charge in [0.2, 0.25) is 0 Å². The molecule has 0 heterocycles. The second-order valence-electron chi connectivity index (χ2n) is 3.91. The summed E-state index contributed by atoms with van der Waals surface area (Å²) in [5, 5.41) is 0.559. The van der Waals surface area contributed by atoms with Crippen LogP contribution in [0, 0.1) is 6.92 Å². The van der Waals surface area contributed by atoms with Gasteiger partial charge in [-0.1, -0.05) is 23.7 Å². The molecule has 0 aliphatic heterocycles. The Kier molecular flexibility index (Phi) is 3.16. The number of anilines is 1. The molecule has 0 radical (unpaired) electrons. The van der Waals surface area contributed by atoms with Gasteiger partial charge in [0.15, 0.2) is 5.78 Å². The lowest BCUT2D eigenvalue weighted by Gasteiger charge is -2.06. The molecule has 0 saturated heterocycles. The zero-order valence-corrected chi connectivity index (χ0v) is 10.2. The lowest BCUT2D eigenvalue weighted by molar-refractivity contribution is 0.103. The maximum absolute atomic E-state index is 12.2. The van der Waals surface area contributed by atoms with Crippen LogP contribution in [-0.2, 0) is 0 Å². The van der Waals surface area contributed by atoms with Crippen molar-refractivity contribution in [2.24, 2.45) is 0 Å². The minimum Gasteiger partial charge on any atom is -0.399 e. The third-order valence-electron chi connectivity index (χ3n) is 2.58. The van der Waals surface area contributed by atoms with Crippen molar-refractivity contribution in [1.82, 2.24) is 0 Å². The predicted molar refractivity (Wildman–Crippen MR) is 70.5 cm³/mol. The first-order valence-corrected chi connectivity index (χ1v) is 5.62. The van der Waals surface area contributed by atoms with E-state index in [1.807, 2.05) is 6.92 Å². The van der Waals surface area contributed by atoms with Crippen molar-refractivity contribution in [2.75, 3.05) is 5.73 Å². The Morgan fingerprint density at radius 1 is 1.18 bits per heavy atom. The van der Waals surface area contributed by atoms with E-state index < -0.39 is 0 Å². The maximum Gasteiger partial charge on any atom is 0.193 e. The fourth-order valence-electron chi connectivity index (χ4n) is 1.73. The van der Waals surface area contributed by atoms with Gasteiger partial charge in [-0.05, 0) is 42.8 Å². The number of hydrogen-bond donors (Lipinski definition) is 1. The highest BCUT2D eigenvalue weighted by Crippen LogP contribution is 2.19. The first-order valence-electron chi connectivity index (χ1n) is 5.24. The first-order chi connectivity index (χ1) is 8.08. The molecule has 2 N–H and O–H groups in total. The number of carbonyl (C=O) groups is 1. The predicted octanol–water partition coefficient (Wildman–Crippen LogP) is 3.46. The highest BCUT2D eigenvalue weighted by atomic mass is 35.5. The van der Waals surface area contributed by atoms with Gasteiger partial charge in [-0.25, -0.2) is 0 Å². The Morgan fingerprint density at radius 2 is 1.94 bits per heavy atom. The van der Waals surface area contributed by atoms with Gasteiger partial charge in [-0.3, -0.25) is 4.79 Å². The van der Waals surface area contributed by atoms with Gasteiger partial charge in [0, 0.05) is 21.8 Å². The molecule has 3 heteroatoms. The molecule has 0 atom stereocenters. The molecule has 2 aromatic carbocycles. The topological polar surface area (TPSA) is 43.1 Å². The van der Waals surface area contributed by atoms with Gasteiger partial charge in [-0.15, -0.1) is 0 Å². The zero-order valence-electron chi connectivity index (χ0n) is 9.41. The van der Waals surface area contributed by atoms with Crippen LogP contribution in [0.1, 0.15) is 21.5 Å². The van der Waals surface area contributed by atoms with Crippen molar-refractivity contribution in [2.45, 2.75) is 6.92 Å². The molecule has 2 aromatic rings. The number of ketones is 1. The zero-order chi connectivity index (χ0) is 12.4. The summed E-state index contributed by atoms with van der Waals surface area (Å²) in [5.41, 5.74) is 8.43. The van der Waals surface area contributed by atoms with E-state index >= 15 is 0 Å². The van der Waals surface area contributed by atoms with E-state index in [1.54, 1.807) is 42.5 Å². The van der Waals surface area contributed by atoms with Crippen LogP contribution >= 0.6 is 11.6 Å². The quantitative estimate of drug-likeness (QED) is 0.650. The van der Waals surface area contributed by atoms with Gasteiger partial charge >= 0.3 is 0 Å². The SMILES string of the molecule is Cc1cc(N)ccc1C(=O)c1cccc(Cl)c1. The molecule has 86 valence electrons. The lowest BCUT2D eigenvalue weighted by Crippen LogP contribution is -2.04. The summed E-state index contributed by atoms with van der Waals surface area (Å²) in [5.74, 6) is -0.0370. The highest BCUT2D eigenvalue weighted by Gasteiger charge is 2.11. The molecular weight excluding hydrogens is 234 g/mol. The average molecular weight is 246 g/mol. The largest absolute Gasteiger partial charge is 0.399 e. The molecule has 0 spiro atoms. The van der Waals surface area contributed by atoms with Gasteiger partial charge in [-0.2, -0.15) is 0 Å². The van der Waals surface area contributed by atoms with E-state index in [2.05, 4.69) is 0 Å². The number of nitrogen functional groups attached to an aromatic ring is 1. The molecule has 0 aromatic heterocycles. The van der Waals surface area contributed by atoms with Gasteiger partial charge < -0.3 is 5.73 Å². The molecule has 17 heavy (non-hydrogen) atoms. The van der Waals surface area contributed by atoms with Gasteiger partial charge in [0.05, 0.1) is 0 Å². The van der Waals surface area contributed by atoms with E-state index in [0.29, 0.717) is 21.8 Å². The molecule has 0 saturated carbocycles. The standard InChI is InChI=1S/C14H12ClNO/c1-9-7-12(16)5-6-13(9)14(17)10-3-2-4-11(15)8-10/h2-8H,16H2,1H3. The third-order valence-corrected chi connectivity index (χ3v) is 2.82. The summed E-state index contributed by atoms with van der Waals surface area (Å²) >= 11 is 5.87. The van der Waals surface area contributed by atoms with E-state index in [9.17, 15) is 4.79 Å². The van der Waals surface area contributed by atoms with Crippen molar-refractivity contribution in [3.8, 4) is 0 Å². The number of hydrogen-bond acceptors (Lipinski definition) is 2. The van der Waals surface area contributed by atoms with Crippen LogP contribution in [0.3, 0.4) is 0 Å². The minimum atomic E-state index is -0.0370. The van der Waals surface area contributed by atoms with E-state index in [-0.39, 0.29) is 5.78 Å². The van der Waals surface area contributed by atoms with Crippen molar-refractivity contribution < 1.29 is 4.79 Å². The normalized spacial score (nSPS) is 10.2. The number of nitrogens with two attached hydrogens (primary N) is 1. The first kappa shape index (κ1) is 11.7. The number of halogens is 1. The molecule has 0 bridgehead atoms. The second kappa shape index (κ2) is 4.60. The Morgan fingerprint density at radius 3 is 2.59 bits per heavy atom. The molecule has 0 fully saturated rings. The Bertz CT molecular complexity index is 578. The van der Waals surface area contributed by atoms with Crippen LogP contribution in [0.2, 0.25) is 5.02 Å². The van der Waals surface area contributed by atoms with Crippen molar-refractivity contribution in [3.05, 3.63) is 64.2 Å². The molecule has 2 nitrogen and oxygen atoms in total. The monoisotopic (exact) mass is 245 g/mol. The van der Waals surface area contributed by atoms with Crippen LogP contribution in [0.25, 0.3) is 0 Å². The van der Waals surface area contributed by atoms with Crippen LogP contribution in [0.5, 0.6) is 0 Å². The Balaban J connectivity index is 2.44. The van der Waals surface area contributed by atoms with Crippen molar-refractivity contribution in [3.63, 3.8) is 0 Å². The van der Waals surface area contributed by atoms with E-state index in [1.165, 1.54) is 0 Å². The fourth-order valence-corrected chi connectivity index (χ4v) is 1.92. The third kappa shape index (κ3) is 2.48. The Hall–Kier alpha value is -1.80. The lowest BCUT2D eigenvalue weighted by atomic mass is 9.99. The molecular formula is C14H12ClNO. The van der Waals surface area contributed by atoms with E-state index in [4.69, 9.17) is 17.3 Å².